The molecular formula is C13H11F4NO2. The smallest absolute Gasteiger partial charge is 0.431 e. The average Bonchev–Trinajstić information content (AvgIpc) is 2.36. The Morgan fingerprint density at radius 2 is 2.00 bits per heavy atom. The first kappa shape index (κ1) is 14.4. The fraction of sp³-hybridized carbons (Fsp3) is 0.308. The van der Waals surface area contributed by atoms with E-state index < -0.39 is 28.5 Å². The summed E-state index contributed by atoms with van der Waals surface area (Å²) in [5.74, 6) is -0.870. The van der Waals surface area contributed by atoms with Gasteiger partial charge in [-0.15, -0.1) is 0 Å². The molecule has 0 saturated carbocycles. The number of hydrogen-bond donors (Lipinski definition) is 1. The van der Waals surface area contributed by atoms with Crippen LogP contribution in [0, 0.1) is 5.82 Å². The zero-order valence-corrected chi connectivity index (χ0v) is 10.5. The molecule has 0 unspecified atom stereocenters. The van der Waals surface area contributed by atoms with Crippen molar-refractivity contribution in [3.8, 4) is 5.75 Å². The van der Waals surface area contributed by atoms with E-state index in [4.69, 9.17) is 4.74 Å². The summed E-state index contributed by atoms with van der Waals surface area (Å²) >= 11 is 0. The van der Waals surface area contributed by atoms with Crippen LogP contribution in [0.2, 0.25) is 0 Å². The second kappa shape index (κ2) is 5.15. The quantitative estimate of drug-likeness (QED) is 0.879. The van der Waals surface area contributed by atoms with E-state index in [1.54, 1.807) is 0 Å². The molecule has 1 aromatic carbocycles. The van der Waals surface area contributed by atoms with Crippen molar-refractivity contribution in [3.05, 3.63) is 39.9 Å². The molecule has 0 radical (unpaired) electrons. The summed E-state index contributed by atoms with van der Waals surface area (Å²) in [4.78, 5) is 13.7. The minimum atomic E-state index is -4.72. The van der Waals surface area contributed by atoms with Gasteiger partial charge in [0.2, 0.25) is 0 Å². The average molecular weight is 289 g/mol. The van der Waals surface area contributed by atoms with Crippen LogP contribution in [-0.4, -0.2) is 11.6 Å². The Labute approximate surface area is 111 Å². The lowest BCUT2D eigenvalue weighted by molar-refractivity contribution is -0.141. The van der Waals surface area contributed by atoms with Gasteiger partial charge in [-0.3, -0.25) is 4.79 Å². The molecule has 3 nitrogen and oxygen atoms in total. The molecule has 108 valence electrons. The van der Waals surface area contributed by atoms with Crippen molar-refractivity contribution in [2.45, 2.75) is 19.5 Å². The molecule has 0 atom stereocenters. The minimum Gasteiger partial charge on any atom is -0.491 e. The van der Waals surface area contributed by atoms with Crippen molar-refractivity contribution in [2.24, 2.45) is 0 Å². The number of H-pyrrole nitrogens is 1. The molecule has 0 fully saturated rings. The van der Waals surface area contributed by atoms with Crippen LogP contribution in [-0.2, 0) is 6.18 Å². The minimum absolute atomic E-state index is 0.0199. The Bertz CT molecular complexity index is 691. The molecular weight excluding hydrogens is 278 g/mol. The molecule has 0 aliphatic rings. The second-order valence-electron chi connectivity index (χ2n) is 4.19. The number of halogens is 4. The van der Waals surface area contributed by atoms with Crippen molar-refractivity contribution in [3.63, 3.8) is 0 Å². The second-order valence-corrected chi connectivity index (χ2v) is 4.19. The maximum Gasteiger partial charge on any atom is 0.431 e. The van der Waals surface area contributed by atoms with Gasteiger partial charge in [-0.05, 0) is 18.6 Å². The molecule has 0 spiro atoms. The van der Waals surface area contributed by atoms with Crippen molar-refractivity contribution in [2.75, 3.05) is 6.61 Å². The lowest BCUT2D eigenvalue weighted by atomic mass is 10.1. The normalized spacial score (nSPS) is 11.8. The monoisotopic (exact) mass is 289 g/mol. The van der Waals surface area contributed by atoms with Crippen molar-refractivity contribution < 1.29 is 22.3 Å². The molecule has 0 saturated heterocycles. The largest absolute Gasteiger partial charge is 0.491 e. The number of nitrogens with one attached hydrogen (secondary N) is 1. The summed E-state index contributed by atoms with van der Waals surface area (Å²) in [6.45, 7) is 2.06. The zero-order chi connectivity index (χ0) is 14.9. The molecule has 2 rings (SSSR count). The van der Waals surface area contributed by atoms with E-state index >= 15 is 0 Å². The van der Waals surface area contributed by atoms with E-state index in [0.29, 0.717) is 12.5 Å². The summed E-state index contributed by atoms with van der Waals surface area (Å²) in [6, 6.07) is 2.54. The SMILES string of the molecule is CCCOc1ccc(F)c2c(=O)cc(C(F)(F)F)[nH]c12. The van der Waals surface area contributed by atoms with Gasteiger partial charge < -0.3 is 9.72 Å². The Morgan fingerprint density at radius 1 is 1.30 bits per heavy atom. The highest BCUT2D eigenvalue weighted by Crippen LogP contribution is 2.31. The van der Waals surface area contributed by atoms with Crippen molar-refractivity contribution in [1.29, 1.82) is 0 Å². The van der Waals surface area contributed by atoms with Gasteiger partial charge >= 0.3 is 6.18 Å². The van der Waals surface area contributed by atoms with E-state index in [2.05, 4.69) is 0 Å². The first-order valence-corrected chi connectivity index (χ1v) is 5.90. The van der Waals surface area contributed by atoms with Crippen LogP contribution in [0.1, 0.15) is 19.0 Å². The van der Waals surface area contributed by atoms with E-state index in [1.165, 1.54) is 6.07 Å². The highest BCUT2D eigenvalue weighted by Gasteiger charge is 2.33. The summed E-state index contributed by atoms with van der Waals surface area (Å²) in [7, 11) is 0. The van der Waals surface area contributed by atoms with E-state index in [-0.39, 0.29) is 17.9 Å². The van der Waals surface area contributed by atoms with Gasteiger partial charge in [0, 0.05) is 6.07 Å². The third-order valence-corrected chi connectivity index (χ3v) is 2.66. The van der Waals surface area contributed by atoms with Crippen molar-refractivity contribution >= 4 is 10.9 Å². The fourth-order valence-corrected chi connectivity index (χ4v) is 1.78. The van der Waals surface area contributed by atoms with Gasteiger partial charge in [0.1, 0.15) is 17.3 Å². The number of aromatic amines is 1. The molecule has 0 aliphatic heterocycles. The number of ether oxygens (including phenoxy) is 1. The number of benzene rings is 1. The van der Waals surface area contributed by atoms with E-state index in [0.717, 1.165) is 6.07 Å². The van der Waals surface area contributed by atoms with E-state index in [9.17, 15) is 22.4 Å². The molecule has 20 heavy (non-hydrogen) atoms. The number of alkyl halides is 3. The topological polar surface area (TPSA) is 42.1 Å². The Balaban J connectivity index is 2.74. The maximum atomic E-state index is 13.6. The maximum absolute atomic E-state index is 13.6. The Kier molecular flexibility index (Phi) is 3.69. The number of fused-ring (bicyclic) bond motifs is 1. The molecule has 1 heterocycles. The van der Waals surface area contributed by atoms with Gasteiger partial charge in [-0.1, -0.05) is 6.92 Å². The van der Waals surface area contributed by atoms with Crippen LogP contribution in [0.3, 0.4) is 0 Å². The number of pyridine rings is 1. The number of aromatic nitrogens is 1. The first-order chi connectivity index (χ1) is 9.34. The molecule has 0 bridgehead atoms. The van der Waals surface area contributed by atoms with Crippen LogP contribution < -0.4 is 10.2 Å². The lowest BCUT2D eigenvalue weighted by Crippen LogP contribution is -2.15. The molecule has 1 N–H and O–H groups in total. The van der Waals surface area contributed by atoms with Gasteiger partial charge in [0.05, 0.1) is 17.5 Å². The standard InChI is InChI=1S/C13H11F4NO2/c1-2-5-20-9-4-3-7(14)11-8(19)6-10(13(15,16)17)18-12(9)11/h3-4,6H,2,5H2,1H3,(H,18,19). The van der Waals surface area contributed by atoms with Gasteiger partial charge in [0.15, 0.2) is 5.43 Å². The fourth-order valence-electron chi connectivity index (χ4n) is 1.78. The Hall–Kier alpha value is -2.05. The van der Waals surface area contributed by atoms with Crippen LogP contribution >= 0.6 is 0 Å². The van der Waals surface area contributed by atoms with Crippen molar-refractivity contribution in [1.82, 2.24) is 4.98 Å². The third-order valence-electron chi connectivity index (χ3n) is 2.66. The van der Waals surface area contributed by atoms with Gasteiger partial charge in [0.25, 0.3) is 0 Å². The summed E-state index contributed by atoms with van der Waals surface area (Å²) < 4.78 is 56.9. The summed E-state index contributed by atoms with van der Waals surface area (Å²) in [5.41, 5.74) is -2.55. The first-order valence-electron chi connectivity index (χ1n) is 5.90. The van der Waals surface area contributed by atoms with Gasteiger partial charge in [-0.2, -0.15) is 13.2 Å². The summed E-state index contributed by atoms with van der Waals surface area (Å²) in [5, 5.41) is -0.438. The molecule has 0 amide bonds. The highest BCUT2D eigenvalue weighted by atomic mass is 19.4. The predicted molar refractivity (Wildman–Crippen MR) is 65.3 cm³/mol. The van der Waals surface area contributed by atoms with Gasteiger partial charge in [-0.25, -0.2) is 4.39 Å². The zero-order valence-electron chi connectivity index (χ0n) is 10.5. The molecule has 1 aromatic heterocycles. The number of hydrogen-bond acceptors (Lipinski definition) is 2. The van der Waals surface area contributed by atoms with Crippen LogP contribution in [0.4, 0.5) is 17.6 Å². The van der Waals surface area contributed by atoms with Crippen LogP contribution in [0.15, 0.2) is 23.0 Å². The molecule has 0 aliphatic carbocycles. The molecule has 2 aromatic rings. The highest BCUT2D eigenvalue weighted by molar-refractivity contribution is 5.85. The third kappa shape index (κ3) is 2.61. The lowest BCUT2D eigenvalue weighted by Gasteiger charge is -2.12. The van der Waals surface area contributed by atoms with Crippen LogP contribution in [0.5, 0.6) is 5.75 Å². The summed E-state index contributed by atoms with van der Waals surface area (Å²) in [6.07, 6.45) is -4.09. The van der Waals surface area contributed by atoms with Crippen LogP contribution in [0.25, 0.3) is 10.9 Å². The Morgan fingerprint density at radius 3 is 2.60 bits per heavy atom. The predicted octanol–water partition coefficient (Wildman–Crippen LogP) is 3.47. The number of rotatable bonds is 3. The molecule has 7 heteroatoms. The van der Waals surface area contributed by atoms with E-state index in [1.807, 2.05) is 11.9 Å².